The summed E-state index contributed by atoms with van der Waals surface area (Å²) < 4.78 is 90.4. The molecular formula is C45H56F6N6O10. The zero-order valence-corrected chi connectivity index (χ0v) is 37.3. The molecule has 1 saturated carbocycles. The summed E-state index contributed by atoms with van der Waals surface area (Å²) in [6, 6.07) is 0.887. The highest BCUT2D eigenvalue weighted by atomic mass is 19.2. The summed E-state index contributed by atoms with van der Waals surface area (Å²) in [7, 11) is 0. The van der Waals surface area contributed by atoms with E-state index in [1.54, 1.807) is 35.5 Å². The second kappa shape index (κ2) is 22.4. The average Bonchev–Trinajstić information content (AvgIpc) is 3.65. The number of likely N-dealkylation sites (tertiary alicyclic amines) is 3. The SMILES string of the molecule is CC(C)(C)OC(=O)N[C@@H](CC(=O)N1CC[C@H]2CNC[C@H]21)Cc1cc(F)c(F)cc1F.N[C@@H](CC(=O)N1CC[C@H]2CN(C(=O)C3(O)CC3)C[C@H]21)Cc1cc(F)c(F)cc1F.O=CO/C=C/C(=O)O. The van der Waals surface area contributed by atoms with E-state index in [0.717, 1.165) is 44.3 Å². The van der Waals surface area contributed by atoms with E-state index in [1.165, 1.54) is 0 Å². The van der Waals surface area contributed by atoms with Gasteiger partial charge in [0.25, 0.3) is 12.4 Å². The molecule has 4 amide bonds. The van der Waals surface area contributed by atoms with Crippen LogP contribution in [0.2, 0.25) is 0 Å². The van der Waals surface area contributed by atoms with Crippen LogP contribution in [0.15, 0.2) is 36.6 Å². The van der Waals surface area contributed by atoms with E-state index in [4.69, 9.17) is 15.6 Å². The number of rotatable bonds is 13. The molecule has 0 bridgehead atoms. The van der Waals surface area contributed by atoms with Crippen molar-refractivity contribution >= 4 is 36.3 Å². The number of carbonyl (C=O) groups is 6. The first-order valence-corrected chi connectivity index (χ1v) is 21.8. The topological polar surface area (TPSA) is 221 Å². The van der Waals surface area contributed by atoms with Crippen molar-refractivity contribution in [1.82, 2.24) is 25.3 Å². The van der Waals surface area contributed by atoms with Gasteiger partial charge in [0, 0.05) is 88.3 Å². The first-order chi connectivity index (χ1) is 31.5. The van der Waals surface area contributed by atoms with Crippen molar-refractivity contribution in [2.24, 2.45) is 17.6 Å². The number of nitrogens with two attached hydrogens (primary N) is 1. The Balaban J connectivity index is 0.000000216. The smallest absolute Gasteiger partial charge is 0.407 e. The molecule has 5 aliphatic rings. The maximum Gasteiger partial charge on any atom is 0.407 e. The van der Waals surface area contributed by atoms with E-state index in [-0.39, 0.29) is 79.0 Å². The fourth-order valence-corrected chi connectivity index (χ4v) is 8.73. The highest BCUT2D eigenvalue weighted by Gasteiger charge is 2.54. The van der Waals surface area contributed by atoms with Crippen LogP contribution in [-0.2, 0) is 46.3 Å². The number of aliphatic hydroxyl groups is 1. The summed E-state index contributed by atoms with van der Waals surface area (Å²) >= 11 is 0. The molecule has 4 saturated heterocycles. The zero-order valence-electron chi connectivity index (χ0n) is 37.3. The molecule has 16 nitrogen and oxygen atoms in total. The van der Waals surface area contributed by atoms with Gasteiger partial charge in [-0.1, -0.05) is 0 Å². The number of ether oxygens (including phenoxy) is 2. The largest absolute Gasteiger partial charge is 0.478 e. The van der Waals surface area contributed by atoms with Crippen LogP contribution >= 0.6 is 0 Å². The fourth-order valence-electron chi connectivity index (χ4n) is 8.73. The van der Waals surface area contributed by atoms with E-state index in [9.17, 15) is 60.2 Å². The van der Waals surface area contributed by atoms with Gasteiger partial charge in [0.05, 0.1) is 12.1 Å². The number of nitrogens with zero attached hydrogens (tertiary/aromatic N) is 3. The molecule has 0 spiro atoms. The molecule has 5 fully saturated rings. The van der Waals surface area contributed by atoms with E-state index in [2.05, 4.69) is 15.4 Å². The summed E-state index contributed by atoms with van der Waals surface area (Å²) in [5.74, 6) is -7.92. The number of halogens is 6. The van der Waals surface area contributed by atoms with Crippen LogP contribution in [0.25, 0.3) is 0 Å². The van der Waals surface area contributed by atoms with E-state index >= 15 is 0 Å². The van der Waals surface area contributed by atoms with Crippen LogP contribution < -0.4 is 16.4 Å². The third-order valence-corrected chi connectivity index (χ3v) is 12.1. The molecule has 4 aliphatic heterocycles. The van der Waals surface area contributed by atoms with Gasteiger partial charge in [0.2, 0.25) is 11.8 Å². The van der Waals surface area contributed by atoms with E-state index < -0.39 is 70.3 Å². The summed E-state index contributed by atoms with van der Waals surface area (Å²) in [5, 5.41) is 23.8. The standard InChI is InChI=1S/C21H28F3N3O3.C20H24F3N3O3.C4H4O4/c1-21(2,3)30-20(29)26-14(6-13-7-16(23)17(24)9-15(13)22)8-19(28)27-5-4-12-10-25-11-18(12)27;21-14-8-16(23)15(22)6-12(14)5-13(24)7-18(27)26-4-1-11-9-25(10-17(11)26)19(28)20(29)2-3-20;5-3-8-2-1-4(6)7/h7,9,12,14,18,25H,4-6,8,10-11H2,1-3H3,(H,26,29);6,8,11,13,17,29H,1-5,7,9-10,24H2;1-3H,(H,6,7)/b;;2-1+/t12-,14+,18+;11-,13+,17+;/m00./s1. The Kier molecular flexibility index (Phi) is 17.4. The van der Waals surface area contributed by atoms with Crippen molar-refractivity contribution in [1.29, 1.82) is 0 Å². The number of fused-ring (bicyclic) bond motifs is 2. The van der Waals surface area contributed by atoms with Gasteiger partial charge in [-0.3, -0.25) is 19.2 Å². The second-order valence-electron chi connectivity index (χ2n) is 18.3. The minimum absolute atomic E-state index is 0.0560. The molecule has 7 rings (SSSR count). The van der Waals surface area contributed by atoms with Crippen LogP contribution in [0.5, 0.6) is 0 Å². The van der Waals surface area contributed by atoms with Crippen LogP contribution in [0, 0.1) is 46.7 Å². The van der Waals surface area contributed by atoms with E-state index in [0.29, 0.717) is 63.1 Å². The minimum atomic E-state index is -1.29. The first kappa shape index (κ1) is 52.2. The molecule has 0 aromatic heterocycles. The molecule has 6 atom stereocenters. The number of benzene rings is 2. The molecular weight excluding hydrogens is 899 g/mol. The number of carboxylic acid groups (broad SMARTS) is 1. The van der Waals surface area contributed by atoms with Crippen LogP contribution in [0.4, 0.5) is 31.1 Å². The molecule has 4 heterocycles. The molecule has 22 heteroatoms. The number of nitrogens with one attached hydrogen (secondary N) is 2. The highest BCUT2D eigenvalue weighted by Crippen LogP contribution is 2.40. The van der Waals surface area contributed by atoms with Crippen molar-refractivity contribution < 1.29 is 74.8 Å². The summed E-state index contributed by atoms with van der Waals surface area (Å²) in [6.07, 6.45) is 2.97. The van der Waals surface area contributed by atoms with Gasteiger partial charge in [0.15, 0.2) is 23.3 Å². The summed E-state index contributed by atoms with van der Waals surface area (Å²) in [5.41, 5.74) is 3.81. The van der Waals surface area contributed by atoms with Crippen molar-refractivity contribution in [3.63, 3.8) is 0 Å². The highest BCUT2D eigenvalue weighted by molar-refractivity contribution is 5.88. The van der Waals surface area contributed by atoms with Crippen LogP contribution in [-0.4, -0.2) is 136 Å². The molecule has 368 valence electrons. The van der Waals surface area contributed by atoms with Crippen molar-refractivity contribution in [3.05, 3.63) is 82.6 Å². The number of carboxylic acids is 1. The Morgan fingerprint density at radius 2 is 1.37 bits per heavy atom. The van der Waals surface area contributed by atoms with Gasteiger partial charge in [0.1, 0.15) is 29.1 Å². The Morgan fingerprint density at radius 1 is 0.821 bits per heavy atom. The van der Waals surface area contributed by atoms with Crippen LogP contribution in [0.3, 0.4) is 0 Å². The molecule has 67 heavy (non-hydrogen) atoms. The number of hydrogen-bond acceptors (Lipinski definition) is 11. The van der Waals surface area contributed by atoms with Crippen molar-refractivity contribution in [2.45, 2.75) is 108 Å². The van der Waals surface area contributed by atoms with Gasteiger partial charge in [-0.2, -0.15) is 0 Å². The Bertz CT molecular complexity index is 2190. The lowest BCUT2D eigenvalue weighted by Gasteiger charge is -2.27. The van der Waals surface area contributed by atoms with Crippen molar-refractivity contribution in [2.75, 3.05) is 39.3 Å². The quantitative estimate of drug-likeness (QED) is 0.0641. The molecule has 1 aliphatic carbocycles. The van der Waals surface area contributed by atoms with Gasteiger partial charge < -0.3 is 50.8 Å². The van der Waals surface area contributed by atoms with Gasteiger partial charge in [-0.05, 0) is 88.5 Å². The number of alkyl carbamates (subject to hydrolysis) is 1. The predicted molar refractivity (Wildman–Crippen MR) is 225 cm³/mol. The van der Waals surface area contributed by atoms with Crippen molar-refractivity contribution in [3.8, 4) is 0 Å². The number of carbonyl (C=O) groups excluding carboxylic acids is 5. The Hall–Kier alpha value is -5.74. The maximum atomic E-state index is 14.2. The van der Waals surface area contributed by atoms with Gasteiger partial charge in [-0.25, -0.2) is 35.9 Å². The first-order valence-electron chi connectivity index (χ1n) is 21.8. The number of amides is 4. The average molecular weight is 955 g/mol. The normalized spacial score (nSPS) is 22.1. The second-order valence-corrected chi connectivity index (χ2v) is 18.3. The fraction of sp³-hybridized carbons (Fsp3) is 0.556. The zero-order chi connectivity index (χ0) is 49.4. The Morgan fingerprint density at radius 3 is 1.94 bits per heavy atom. The summed E-state index contributed by atoms with van der Waals surface area (Å²) in [4.78, 5) is 74.3. The third kappa shape index (κ3) is 14.4. The molecule has 2 aromatic rings. The molecule has 0 unspecified atom stereocenters. The Labute approximate surface area is 382 Å². The van der Waals surface area contributed by atoms with Gasteiger partial charge in [-0.15, -0.1) is 0 Å². The molecule has 6 N–H and O–H groups in total. The maximum absolute atomic E-state index is 14.2. The molecule has 0 radical (unpaired) electrons. The van der Waals surface area contributed by atoms with Crippen LogP contribution in [0.1, 0.15) is 70.4 Å². The number of aliphatic carboxylic acids is 1. The minimum Gasteiger partial charge on any atom is -0.478 e. The molecule has 2 aromatic carbocycles. The monoisotopic (exact) mass is 954 g/mol. The lowest BCUT2D eigenvalue weighted by atomic mass is 10.0. The predicted octanol–water partition coefficient (Wildman–Crippen LogP) is 3.46. The van der Waals surface area contributed by atoms with Gasteiger partial charge >= 0.3 is 12.1 Å². The summed E-state index contributed by atoms with van der Waals surface area (Å²) in [6.45, 7) is 8.93. The number of hydrogen-bond donors (Lipinski definition) is 5. The third-order valence-electron chi connectivity index (χ3n) is 12.1. The lowest BCUT2D eigenvalue weighted by molar-refractivity contribution is -0.142. The van der Waals surface area contributed by atoms with E-state index in [1.807, 2.05) is 0 Å². The lowest BCUT2D eigenvalue weighted by Crippen LogP contribution is -2.46.